The molecule has 0 saturated carbocycles. The summed E-state index contributed by atoms with van der Waals surface area (Å²) >= 11 is 3.26. The SMILES string of the molecule is COc1ccc(Cn2cc(Br)c[n+]2[O-])cc1. The monoisotopic (exact) mass is 282 g/mol. The Bertz CT molecular complexity index is 479. The van der Waals surface area contributed by atoms with Crippen LogP contribution in [0.5, 0.6) is 5.75 Å². The molecule has 5 heteroatoms. The summed E-state index contributed by atoms with van der Waals surface area (Å²) in [5, 5.41) is 11.4. The highest BCUT2D eigenvalue weighted by Crippen LogP contribution is 2.12. The van der Waals surface area contributed by atoms with Crippen LogP contribution in [0.4, 0.5) is 0 Å². The van der Waals surface area contributed by atoms with Crippen LogP contribution in [0.3, 0.4) is 0 Å². The van der Waals surface area contributed by atoms with Crippen molar-refractivity contribution in [2.75, 3.05) is 7.11 Å². The van der Waals surface area contributed by atoms with Crippen LogP contribution in [0.2, 0.25) is 0 Å². The van der Waals surface area contributed by atoms with Crippen molar-refractivity contribution < 1.29 is 9.58 Å². The summed E-state index contributed by atoms with van der Waals surface area (Å²) in [6, 6.07) is 7.63. The number of ether oxygens (including phenoxy) is 1. The quantitative estimate of drug-likeness (QED) is 0.638. The fourth-order valence-corrected chi connectivity index (χ4v) is 1.86. The highest BCUT2D eigenvalue weighted by Gasteiger charge is 2.06. The molecule has 0 amide bonds. The summed E-state index contributed by atoms with van der Waals surface area (Å²) in [5.74, 6) is 0.812. The maximum Gasteiger partial charge on any atom is 0.223 e. The third kappa shape index (κ3) is 2.36. The fraction of sp³-hybridized carbons (Fsp3) is 0.182. The number of methoxy groups -OCH3 is 1. The average molecular weight is 283 g/mol. The normalized spacial score (nSPS) is 10.4. The topological polar surface area (TPSA) is 41.1 Å². The predicted octanol–water partition coefficient (Wildman–Crippen LogP) is 1.94. The molecule has 0 N–H and O–H groups in total. The molecule has 0 aliphatic heterocycles. The van der Waals surface area contributed by atoms with Gasteiger partial charge in [-0.15, -0.1) is 4.68 Å². The van der Waals surface area contributed by atoms with E-state index in [9.17, 15) is 5.21 Å². The summed E-state index contributed by atoms with van der Waals surface area (Å²) in [4.78, 5) is 0.800. The molecular weight excluding hydrogens is 272 g/mol. The van der Waals surface area contributed by atoms with Crippen LogP contribution in [0, 0.1) is 5.21 Å². The molecule has 4 nitrogen and oxygen atoms in total. The van der Waals surface area contributed by atoms with Crippen molar-refractivity contribution in [3.63, 3.8) is 0 Å². The van der Waals surface area contributed by atoms with E-state index in [1.807, 2.05) is 24.3 Å². The number of hydrogen-bond donors (Lipinski definition) is 0. The molecular formula is C11H11BrN2O2. The van der Waals surface area contributed by atoms with Crippen LogP contribution >= 0.6 is 15.9 Å². The van der Waals surface area contributed by atoms with Crippen LogP contribution < -0.4 is 9.58 Å². The maximum atomic E-state index is 11.4. The largest absolute Gasteiger partial charge is 0.596 e. The van der Waals surface area contributed by atoms with E-state index >= 15 is 0 Å². The number of aromatic nitrogens is 2. The van der Waals surface area contributed by atoms with Crippen molar-refractivity contribution in [2.24, 2.45) is 0 Å². The van der Waals surface area contributed by atoms with Crippen LogP contribution in [-0.4, -0.2) is 11.8 Å². The molecule has 0 aliphatic carbocycles. The van der Waals surface area contributed by atoms with E-state index in [-0.39, 0.29) is 0 Å². The Morgan fingerprint density at radius 3 is 2.56 bits per heavy atom. The van der Waals surface area contributed by atoms with E-state index < -0.39 is 0 Å². The lowest BCUT2D eigenvalue weighted by Crippen LogP contribution is -2.36. The molecule has 0 atom stereocenters. The summed E-state index contributed by atoms with van der Waals surface area (Å²) in [7, 11) is 1.63. The van der Waals surface area contributed by atoms with Gasteiger partial charge in [-0.3, -0.25) is 0 Å². The lowest BCUT2D eigenvalue weighted by atomic mass is 10.2. The highest BCUT2D eigenvalue weighted by atomic mass is 79.9. The second-order valence-electron chi connectivity index (χ2n) is 3.39. The van der Waals surface area contributed by atoms with E-state index in [0.717, 1.165) is 20.6 Å². The van der Waals surface area contributed by atoms with Gasteiger partial charge in [-0.2, -0.15) is 0 Å². The van der Waals surface area contributed by atoms with Crippen molar-refractivity contribution in [1.82, 2.24) is 4.68 Å². The van der Waals surface area contributed by atoms with Crippen molar-refractivity contribution in [3.8, 4) is 5.75 Å². The van der Waals surface area contributed by atoms with Crippen LogP contribution in [-0.2, 0) is 6.54 Å². The van der Waals surface area contributed by atoms with Crippen molar-refractivity contribution >= 4 is 15.9 Å². The van der Waals surface area contributed by atoms with Gasteiger partial charge < -0.3 is 9.94 Å². The lowest BCUT2D eigenvalue weighted by molar-refractivity contribution is -0.693. The molecule has 84 valence electrons. The minimum Gasteiger partial charge on any atom is -0.596 e. The standard InChI is InChI=1S/C11H11BrN2O2/c1-16-11-4-2-9(3-5-11)6-13-7-10(12)8-14(13)15/h2-5,7-8H,6H2,1H3. The van der Waals surface area contributed by atoms with Gasteiger partial charge in [0, 0.05) is 0 Å². The van der Waals surface area contributed by atoms with Crippen molar-refractivity contribution in [1.29, 1.82) is 0 Å². The molecule has 2 aromatic rings. The summed E-state index contributed by atoms with van der Waals surface area (Å²) in [6.07, 6.45) is 3.22. The van der Waals surface area contributed by atoms with E-state index in [4.69, 9.17) is 4.74 Å². The van der Waals surface area contributed by atoms with Crippen LogP contribution in [0.25, 0.3) is 0 Å². The van der Waals surface area contributed by atoms with E-state index in [1.165, 1.54) is 6.20 Å². The summed E-state index contributed by atoms with van der Waals surface area (Å²) < 4.78 is 7.42. The Balaban J connectivity index is 2.17. The molecule has 0 bridgehead atoms. The first-order valence-corrected chi connectivity index (χ1v) is 5.56. The first-order valence-electron chi connectivity index (χ1n) is 4.77. The molecule has 2 rings (SSSR count). The maximum absolute atomic E-state index is 11.4. The molecule has 0 saturated heterocycles. The van der Waals surface area contributed by atoms with Gasteiger partial charge >= 0.3 is 0 Å². The van der Waals surface area contributed by atoms with E-state index in [1.54, 1.807) is 18.0 Å². The van der Waals surface area contributed by atoms with Gasteiger partial charge in [0.1, 0.15) is 16.8 Å². The highest BCUT2D eigenvalue weighted by molar-refractivity contribution is 9.10. The molecule has 16 heavy (non-hydrogen) atoms. The van der Waals surface area contributed by atoms with Gasteiger partial charge in [-0.1, -0.05) is 17.0 Å². The molecule has 0 unspecified atom stereocenters. The Labute approximate surface area is 102 Å². The first kappa shape index (κ1) is 11.0. The zero-order valence-corrected chi connectivity index (χ0v) is 10.3. The first-order chi connectivity index (χ1) is 7.69. The Morgan fingerprint density at radius 1 is 1.38 bits per heavy atom. The van der Waals surface area contributed by atoms with Crippen molar-refractivity contribution in [2.45, 2.75) is 6.54 Å². The van der Waals surface area contributed by atoms with Gasteiger partial charge in [-0.05, 0) is 33.6 Å². The van der Waals surface area contributed by atoms with E-state index in [0.29, 0.717) is 6.54 Å². The van der Waals surface area contributed by atoms with Gasteiger partial charge in [-0.25, -0.2) is 0 Å². The molecule has 0 spiro atoms. The Morgan fingerprint density at radius 2 is 2.06 bits per heavy atom. The third-order valence-electron chi connectivity index (χ3n) is 2.26. The molecule has 1 aromatic carbocycles. The summed E-state index contributed by atoms with van der Waals surface area (Å²) in [5.41, 5.74) is 1.05. The molecule has 0 aliphatic rings. The Hall–Kier alpha value is -1.49. The number of rotatable bonds is 3. The predicted molar refractivity (Wildman–Crippen MR) is 63.2 cm³/mol. The van der Waals surface area contributed by atoms with Crippen molar-refractivity contribution in [3.05, 3.63) is 51.9 Å². The zero-order valence-electron chi connectivity index (χ0n) is 8.76. The second-order valence-corrected chi connectivity index (χ2v) is 4.31. The number of halogens is 1. The van der Waals surface area contributed by atoms with Gasteiger partial charge in [0.05, 0.1) is 13.3 Å². The van der Waals surface area contributed by atoms with Gasteiger partial charge in [0.2, 0.25) is 6.20 Å². The smallest absolute Gasteiger partial charge is 0.223 e. The Kier molecular flexibility index (Phi) is 3.14. The molecule has 0 radical (unpaired) electrons. The lowest BCUT2D eigenvalue weighted by Gasteiger charge is -2.04. The van der Waals surface area contributed by atoms with Crippen LogP contribution in [0.15, 0.2) is 41.1 Å². The minimum absolute atomic E-state index is 0.541. The average Bonchev–Trinajstić information content (AvgIpc) is 2.59. The number of benzene rings is 1. The minimum atomic E-state index is 0.541. The molecule has 1 heterocycles. The third-order valence-corrected chi connectivity index (χ3v) is 2.67. The molecule has 1 aromatic heterocycles. The van der Waals surface area contributed by atoms with Gasteiger partial charge in [0.25, 0.3) is 0 Å². The number of nitrogens with zero attached hydrogens (tertiary/aromatic N) is 2. The summed E-state index contributed by atoms with van der Waals surface area (Å²) in [6.45, 7) is 0.541. The van der Waals surface area contributed by atoms with Gasteiger partial charge in [0.15, 0.2) is 0 Å². The number of hydrogen-bond acceptors (Lipinski definition) is 2. The zero-order chi connectivity index (χ0) is 11.5. The van der Waals surface area contributed by atoms with E-state index in [2.05, 4.69) is 15.9 Å². The second kappa shape index (κ2) is 4.57. The molecule has 0 fully saturated rings. The van der Waals surface area contributed by atoms with Crippen LogP contribution in [0.1, 0.15) is 5.56 Å². The fourth-order valence-electron chi connectivity index (χ4n) is 1.45.